The topological polar surface area (TPSA) is 109 Å². The van der Waals surface area contributed by atoms with E-state index in [1.54, 1.807) is 0 Å². The average molecular weight is 308 g/mol. The normalized spacial score (nSPS) is 15.7. The molecule has 0 spiro atoms. The van der Waals surface area contributed by atoms with Gasteiger partial charge in [0.1, 0.15) is 11.6 Å². The molecule has 0 aromatic rings. The first-order valence-electron chi connectivity index (χ1n) is 7.43. The second-order valence-electron chi connectivity index (χ2n) is 4.95. The van der Waals surface area contributed by atoms with Gasteiger partial charge in [0.15, 0.2) is 0 Å². The van der Waals surface area contributed by atoms with E-state index in [1.165, 1.54) is 13.1 Å². The average Bonchev–Trinajstić information content (AvgIpc) is 2.51. The first kappa shape index (κ1) is 17.9. The van der Waals surface area contributed by atoms with Crippen LogP contribution in [0.15, 0.2) is 11.8 Å². The van der Waals surface area contributed by atoms with Crippen molar-refractivity contribution in [3.05, 3.63) is 11.8 Å². The van der Waals surface area contributed by atoms with Gasteiger partial charge in [0.2, 0.25) is 5.91 Å². The van der Waals surface area contributed by atoms with Crippen LogP contribution in [0.4, 0.5) is 0 Å². The van der Waals surface area contributed by atoms with E-state index in [9.17, 15) is 9.59 Å². The monoisotopic (exact) mass is 308 g/mol. The van der Waals surface area contributed by atoms with Crippen LogP contribution in [-0.2, 0) is 9.59 Å². The number of nitrogens with one attached hydrogen (secondary N) is 4. The number of hydrogen-bond acceptors (Lipinski definition) is 6. The maximum atomic E-state index is 11.8. The molecular formula is C14H24N6O2. The summed E-state index contributed by atoms with van der Waals surface area (Å²) in [4.78, 5) is 24.8. The number of amides is 2. The van der Waals surface area contributed by atoms with Gasteiger partial charge in [0, 0.05) is 65.5 Å². The van der Waals surface area contributed by atoms with Gasteiger partial charge in [-0.1, -0.05) is 0 Å². The number of carbonyl (C=O) groups is 2. The second kappa shape index (κ2) is 10.6. The molecule has 0 atom stereocenters. The Bertz CT molecular complexity index is 437. The number of rotatable bonds is 8. The Hall–Kier alpha value is -2.11. The molecule has 0 aromatic carbocycles. The van der Waals surface area contributed by atoms with Crippen LogP contribution in [0.2, 0.25) is 0 Å². The minimum atomic E-state index is -0.385. The van der Waals surface area contributed by atoms with Crippen molar-refractivity contribution in [3.8, 4) is 6.07 Å². The van der Waals surface area contributed by atoms with E-state index < -0.39 is 0 Å². The summed E-state index contributed by atoms with van der Waals surface area (Å²) in [6, 6.07) is 1.87. The van der Waals surface area contributed by atoms with E-state index in [4.69, 9.17) is 5.26 Å². The van der Waals surface area contributed by atoms with Crippen molar-refractivity contribution in [1.29, 1.82) is 5.26 Å². The smallest absolute Gasteiger partial charge is 0.263 e. The zero-order chi connectivity index (χ0) is 16.2. The summed E-state index contributed by atoms with van der Waals surface area (Å²) in [5, 5.41) is 20.4. The van der Waals surface area contributed by atoms with Gasteiger partial charge >= 0.3 is 0 Å². The molecule has 1 fully saturated rings. The van der Waals surface area contributed by atoms with Crippen LogP contribution in [0.25, 0.3) is 0 Å². The van der Waals surface area contributed by atoms with Crippen molar-refractivity contribution in [1.82, 2.24) is 26.2 Å². The van der Waals surface area contributed by atoms with E-state index in [0.29, 0.717) is 19.6 Å². The Morgan fingerprint density at radius 3 is 2.59 bits per heavy atom. The van der Waals surface area contributed by atoms with Gasteiger partial charge < -0.3 is 21.3 Å². The van der Waals surface area contributed by atoms with E-state index in [1.807, 2.05) is 6.07 Å². The van der Waals surface area contributed by atoms with Crippen LogP contribution in [0, 0.1) is 11.3 Å². The molecule has 1 saturated heterocycles. The minimum Gasteiger partial charge on any atom is -0.388 e. The third kappa shape index (κ3) is 7.61. The van der Waals surface area contributed by atoms with E-state index in [0.717, 1.165) is 32.7 Å². The summed E-state index contributed by atoms with van der Waals surface area (Å²) < 4.78 is 0. The van der Waals surface area contributed by atoms with E-state index in [2.05, 4.69) is 26.2 Å². The van der Waals surface area contributed by atoms with Gasteiger partial charge in [-0.05, 0) is 0 Å². The lowest BCUT2D eigenvalue weighted by molar-refractivity contribution is -0.119. The fourth-order valence-electron chi connectivity index (χ4n) is 1.99. The predicted octanol–water partition coefficient (Wildman–Crippen LogP) is -1.86. The van der Waals surface area contributed by atoms with Crippen molar-refractivity contribution in [2.75, 3.05) is 52.4 Å². The first-order chi connectivity index (χ1) is 10.6. The molecule has 122 valence electrons. The molecule has 8 heteroatoms. The highest BCUT2D eigenvalue weighted by Gasteiger charge is 2.11. The molecule has 0 aliphatic carbocycles. The molecule has 8 nitrogen and oxygen atoms in total. The van der Waals surface area contributed by atoms with Gasteiger partial charge in [-0.15, -0.1) is 0 Å². The Morgan fingerprint density at radius 1 is 1.23 bits per heavy atom. The van der Waals surface area contributed by atoms with Crippen molar-refractivity contribution in [2.24, 2.45) is 0 Å². The Labute approximate surface area is 130 Å². The summed E-state index contributed by atoms with van der Waals surface area (Å²) in [5.41, 5.74) is 0.0307. The highest BCUT2D eigenvalue weighted by Crippen LogP contribution is 1.92. The molecule has 0 radical (unpaired) electrons. The molecule has 1 rings (SSSR count). The standard InChI is InChI=1S/C14H24N6O2/c1-12(21)18-3-2-17-11-13(10-15)14(22)19-6-9-20-7-4-16-5-8-20/h11,16-17H,2-9H2,1H3,(H,18,21)(H,19,22)/b13-11-. The van der Waals surface area contributed by atoms with Gasteiger partial charge in [-0.25, -0.2) is 0 Å². The number of carbonyl (C=O) groups excluding carboxylic acids is 2. The van der Waals surface area contributed by atoms with E-state index >= 15 is 0 Å². The summed E-state index contributed by atoms with van der Waals surface area (Å²) >= 11 is 0. The van der Waals surface area contributed by atoms with Crippen molar-refractivity contribution < 1.29 is 9.59 Å². The van der Waals surface area contributed by atoms with Gasteiger partial charge in [0.05, 0.1) is 0 Å². The SMILES string of the molecule is CC(=O)NCCN/C=C(/C#N)C(=O)NCCN1CCNCC1. The number of nitrogens with zero attached hydrogens (tertiary/aromatic N) is 2. The number of piperazine rings is 1. The van der Waals surface area contributed by atoms with Crippen LogP contribution in [0.1, 0.15) is 6.92 Å². The zero-order valence-corrected chi connectivity index (χ0v) is 12.9. The Kier molecular flexibility index (Phi) is 8.64. The quantitative estimate of drug-likeness (QED) is 0.238. The zero-order valence-electron chi connectivity index (χ0n) is 12.9. The predicted molar refractivity (Wildman–Crippen MR) is 82.7 cm³/mol. The molecule has 2 amide bonds. The summed E-state index contributed by atoms with van der Waals surface area (Å²) in [6.45, 7) is 7.51. The number of nitriles is 1. The Morgan fingerprint density at radius 2 is 1.95 bits per heavy atom. The largest absolute Gasteiger partial charge is 0.388 e. The fraction of sp³-hybridized carbons (Fsp3) is 0.643. The highest BCUT2D eigenvalue weighted by molar-refractivity contribution is 5.97. The van der Waals surface area contributed by atoms with Crippen molar-refractivity contribution in [2.45, 2.75) is 6.92 Å². The molecule has 4 N–H and O–H groups in total. The molecule has 0 bridgehead atoms. The third-order valence-corrected chi connectivity index (χ3v) is 3.18. The lowest BCUT2D eigenvalue weighted by Gasteiger charge is -2.27. The van der Waals surface area contributed by atoms with Crippen LogP contribution >= 0.6 is 0 Å². The maximum absolute atomic E-state index is 11.8. The molecule has 0 unspecified atom stereocenters. The summed E-state index contributed by atoms with van der Waals surface area (Å²) in [5.74, 6) is -0.499. The summed E-state index contributed by atoms with van der Waals surface area (Å²) in [7, 11) is 0. The van der Waals surface area contributed by atoms with E-state index in [-0.39, 0.29) is 17.4 Å². The van der Waals surface area contributed by atoms with Crippen LogP contribution in [-0.4, -0.2) is 69.1 Å². The molecule has 1 heterocycles. The minimum absolute atomic E-state index is 0.0307. The van der Waals surface area contributed by atoms with Crippen molar-refractivity contribution in [3.63, 3.8) is 0 Å². The molecular weight excluding hydrogens is 284 g/mol. The van der Waals surface area contributed by atoms with Crippen LogP contribution in [0.5, 0.6) is 0 Å². The van der Waals surface area contributed by atoms with Crippen LogP contribution < -0.4 is 21.3 Å². The first-order valence-corrected chi connectivity index (χ1v) is 7.43. The second-order valence-corrected chi connectivity index (χ2v) is 4.95. The lowest BCUT2D eigenvalue weighted by atomic mass is 10.3. The van der Waals surface area contributed by atoms with Gasteiger partial charge in [0.25, 0.3) is 5.91 Å². The third-order valence-electron chi connectivity index (χ3n) is 3.18. The van der Waals surface area contributed by atoms with Gasteiger partial charge in [-0.3, -0.25) is 14.5 Å². The molecule has 0 saturated carbocycles. The molecule has 0 aromatic heterocycles. The molecule has 22 heavy (non-hydrogen) atoms. The Balaban J connectivity index is 2.22. The van der Waals surface area contributed by atoms with Gasteiger partial charge in [-0.2, -0.15) is 5.26 Å². The van der Waals surface area contributed by atoms with Crippen molar-refractivity contribution >= 4 is 11.8 Å². The maximum Gasteiger partial charge on any atom is 0.263 e. The lowest BCUT2D eigenvalue weighted by Crippen LogP contribution is -2.46. The number of hydrogen-bond donors (Lipinski definition) is 4. The van der Waals surface area contributed by atoms with Crippen LogP contribution in [0.3, 0.4) is 0 Å². The molecule has 1 aliphatic heterocycles. The fourth-order valence-corrected chi connectivity index (χ4v) is 1.99. The molecule has 1 aliphatic rings. The highest BCUT2D eigenvalue weighted by atomic mass is 16.2. The summed E-state index contributed by atoms with van der Waals surface area (Å²) in [6.07, 6.45) is 1.38.